The Bertz CT molecular complexity index is 122. The summed E-state index contributed by atoms with van der Waals surface area (Å²) in [7, 11) is 1.87. The maximum Gasteiger partial charge on any atom is 0.222 e. The Balaban J connectivity index is 2.44. The average molecular weight is 127 g/mol. The fourth-order valence-corrected chi connectivity index (χ4v) is 1.22. The van der Waals surface area contributed by atoms with Crippen LogP contribution in [0.3, 0.4) is 0 Å². The first kappa shape index (κ1) is 6.59. The predicted molar refractivity (Wildman–Crippen MR) is 36.0 cm³/mol. The van der Waals surface area contributed by atoms with Crippen molar-refractivity contribution in [3.05, 3.63) is 0 Å². The largest absolute Gasteiger partial charge is 0.345 e. The van der Waals surface area contributed by atoms with Crippen LogP contribution in [0.15, 0.2) is 0 Å². The van der Waals surface area contributed by atoms with Crippen molar-refractivity contribution in [3.8, 4) is 0 Å². The monoisotopic (exact) mass is 127 g/mol. The summed E-state index contributed by atoms with van der Waals surface area (Å²) in [5.74, 6) is 1.00. The molecular weight excluding hydrogens is 114 g/mol. The lowest BCUT2D eigenvalue weighted by Gasteiger charge is -2.26. The van der Waals surface area contributed by atoms with E-state index in [0.717, 1.165) is 19.4 Å². The molecule has 2 nitrogen and oxygen atoms in total. The molecule has 0 aromatic heterocycles. The Morgan fingerprint density at radius 1 is 1.67 bits per heavy atom. The van der Waals surface area contributed by atoms with Crippen LogP contribution in [-0.4, -0.2) is 24.4 Å². The summed E-state index contributed by atoms with van der Waals surface area (Å²) >= 11 is 0. The van der Waals surface area contributed by atoms with E-state index in [1.54, 1.807) is 0 Å². The topological polar surface area (TPSA) is 20.3 Å². The van der Waals surface area contributed by atoms with Crippen LogP contribution in [0.1, 0.15) is 19.8 Å². The second-order valence-corrected chi connectivity index (χ2v) is 2.92. The van der Waals surface area contributed by atoms with Crippen molar-refractivity contribution >= 4 is 5.91 Å². The number of rotatable bonds is 0. The first-order valence-electron chi connectivity index (χ1n) is 3.44. The molecule has 1 aliphatic heterocycles. The molecule has 0 aromatic rings. The van der Waals surface area contributed by atoms with E-state index in [0.29, 0.717) is 11.8 Å². The van der Waals surface area contributed by atoms with Gasteiger partial charge in [0.05, 0.1) is 0 Å². The van der Waals surface area contributed by atoms with Gasteiger partial charge in [-0.3, -0.25) is 4.79 Å². The number of hydrogen-bond donors (Lipinski definition) is 0. The van der Waals surface area contributed by atoms with Crippen molar-refractivity contribution in [1.29, 1.82) is 0 Å². The van der Waals surface area contributed by atoms with Gasteiger partial charge in [0.15, 0.2) is 0 Å². The molecule has 0 bridgehead atoms. The van der Waals surface area contributed by atoms with Crippen molar-refractivity contribution < 1.29 is 4.79 Å². The Morgan fingerprint density at radius 2 is 2.33 bits per heavy atom. The lowest BCUT2D eigenvalue weighted by Crippen LogP contribution is -2.35. The van der Waals surface area contributed by atoms with E-state index < -0.39 is 0 Å². The van der Waals surface area contributed by atoms with Gasteiger partial charge >= 0.3 is 0 Å². The van der Waals surface area contributed by atoms with Crippen LogP contribution in [-0.2, 0) is 4.79 Å². The summed E-state index contributed by atoms with van der Waals surface area (Å²) in [6.07, 6.45) is 1.82. The third-order valence-corrected chi connectivity index (χ3v) is 1.86. The molecule has 9 heavy (non-hydrogen) atoms. The predicted octanol–water partition coefficient (Wildman–Crippen LogP) is 0.875. The van der Waals surface area contributed by atoms with Gasteiger partial charge in [0, 0.05) is 20.0 Å². The van der Waals surface area contributed by atoms with E-state index >= 15 is 0 Å². The Kier molecular flexibility index (Phi) is 1.74. The molecule has 2 heteroatoms. The number of hydrogen-bond acceptors (Lipinski definition) is 1. The molecule has 1 saturated heterocycles. The molecule has 1 fully saturated rings. The average Bonchev–Trinajstić information content (AvgIpc) is 1.80. The molecule has 0 aliphatic carbocycles. The molecular formula is C7H13NO. The number of carbonyl (C=O) groups excluding carboxylic acids is 1. The smallest absolute Gasteiger partial charge is 0.222 e. The highest BCUT2D eigenvalue weighted by Crippen LogP contribution is 2.14. The summed E-state index contributed by atoms with van der Waals surface area (Å²) in [6.45, 7) is 3.13. The maximum atomic E-state index is 10.9. The zero-order valence-corrected chi connectivity index (χ0v) is 6.05. The first-order chi connectivity index (χ1) is 4.20. The normalized spacial score (nSPS) is 28.9. The minimum atomic E-state index is 0.299. The number of amides is 1. The summed E-state index contributed by atoms with van der Waals surface area (Å²) in [5.41, 5.74) is 0. The summed E-state index contributed by atoms with van der Waals surface area (Å²) < 4.78 is 0. The van der Waals surface area contributed by atoms with Gasteiger partial charge in [-0.15, -0.1) is 0 Å². The fraction of sp³-hybridized carbons (Fsp3) is 0.857. The minimum Gasteiger partial charge on any atom is -0.345 e. The van der Waals surface area contributed by atoms with Crippen molar-refractivity contribution in [3.63, 3.8) is 0 Å². The Morgan fingerprint density at radius 3 is 2.78 bits per heavy atom. The number of likely N-dealkylation sites (tertiary alicyclic amines) is 1. The van der Waals surface area contributed by atoms with E-state index in [-0.39, 0.29) is 0 Å². The van der Waals surface area contributed by atoms with Gasteiger partial charge in [-0.25, -0.2) is 0 Å². The third kappa shape index (κ3) is 1.44. The molecule has 0 N–H and O–H groups in total. The molecule has 1 aliphatic rings. The number of piperidine rings is 1. The highest BCUT2D eigenvalue weighted by Gasteiger charge is 2.18. The summed E-state index contributed by atoms with van der Waals surface area (Å²) in [6, 6.07) is 0. The van der Waals surface area contributed by atoms with Crippen molar-refractivity contribution in [2.75, 3.05) is 13.6 Å². The summed E-state index contributed by atoms with van der Waals surface area (Å²) in [4.78, 5) is 12.7. The SMILES string of the molecule is CC1CCC(=O)N(C)C1. The van der Waals surface area contributed by atoms with E-state index in [1.165, 1.54) is 0 Å². The minimum absolute atomic E-state index is 0.299. The van der Waals surface area contributed by atoms with E-state index in [2.05, 4.69) is 6.92 Å². The highest BCUT2D eigenvalue weighted by molar-refractivity contribution is 5.76. The van der Waals surface area contributed by atoms with Crippen molar-refractivity contribution in [2.24, 2.45) is 5.92 Å². The van der Waals surface area contributed by atoms with Crippen LogP contribution >= 0.6 is 0 Å². The molecule has 0 saturated carbocycles. The molecule has 1 atom stereocenters. The van der Waals surface area contributed by atoms with Gasteiger partial charge < -0.3 is 4.90 Å². The second-order valence-electron chi connectivity index (χ2n) is 2.92. The first-order valence-corrected chi connectivity index (χ1v) is 3.44. The van der Waals surface area contributed by atoms with Crippen LogP contribution < -0.4 is 0 Å². The molecule has 1 amide bonds. The Hall–Kier alpha value is -0.530. The van der Waals surface area contributed by atoms with Gasteiger partial charge in [0.1, 0.15) is 0 Å². The quantitative estimate of drug-likeness (QED) is 0.473. The molecule has 0 spiro atoms. The molecule has 1 heterocycles. The highest BCUT2D eigenvalue weighted by atomic mass is 16.2. The Labute approximate surface area is 55.8 Å². The lowest BCUT2D eigenvalue weighted by atomic mass is 10.0. The van der Waals surface area contributed by atoms with Gasteiger partial charge in [-0.1, -0.05) is 6.92 Å². The van der Waals surface area contributed by atoms with E-state index in [9.17, 15) is 4.79 Å². The molecule has 1 unspecified atom stereocenters. The van der Waals surface area contributed by atoms with Gasteiger partial charge in [0.2, 0.25) is 5.91 Å². The molecule has 52 valence electrons. The van der Waals surface area contributed by atoms with Crippen LogP contribution in [0.25, 0.3) is 0 Å². The van der Waals surface area contributed by atoms with E-state index in [4.69, 9.17) is 0 Å². The van der Waals surface area contributed by atoms with Gasteiger partial charge in [-0.2, -0.15) is 0 Å². The molecule has 0 radical (unpaired) electrons. The van der Waals surface area contributed by atoms with Gasteiger partial charge in [0.25, 0.3) is 0 Å². The standard InChI is InChI=1S/C7H13NO/c1-6-3-4-7(9)8(2)5-6/h6H,3-5H2,1-2H3. The molecule has 0 aromatic carbocycles. The summed E-state index contributed by atoms with van der Waals surface area (Å²) in [5, 5.41) is 0. The number of nitrogens with zero attached hydrogens (tertiary/aromatic N) is 1. The third-order valence-electron chi connectivity index (χ3n) is 1.86. The number of carbonyl (C=O) groups is 1. The van der Waals surface area contributed by atoms with Crippen LogP contribution in [0.5, 0.6) is 0 Å². The van der Waals surface area contributed by atoms with Crippen LogP contribution in [0.4, 0.5) is 0 Å². The lowest BCUT2D eigenvalue weighted by molar-refractivity contribution is -0.132. The molecule has 1 rings (SSSR count). The maximum absolute atomic E-state index is 10.9. The fourth-order valence-electron chi connectivity index (χ4n) is 1.22. The zero-order valence-electron chi connectivity index (χ0n) is 6.05. The van der Waals surface area contributed by atoms with E-state index in [1.807, 2.05) is 11.9 Å². The second kappa shape index (κ2) is 2.38. The zero-order chi connectivity index (χ0) is 6.85. The van der Waals surface area contributed by atoms with Crippen LogP contribution in [0.2, 0.25) is 0 Å². The van der Waals surface area contributed by atoms with Crippen molar-refractivity contribution in [1.82, 2.24) is 4.90 Å². The van der Waals surface area contributed by atoms with Gasteiger partial charge in [-0.05, 0) is 12.3 Å². The van der Waals surface area contributed by atoms with Crippen LogP contribution in [0, 0.1) is 5.92 Å². The van der Waals surface area contributed by atoms with Crippen molar-refractivity contribution in [2.45, 2.75) is 19.8 Å².